The molecule has 1 rings (SSSR count). The van der Waals surface area contributed by atoms with E-state index in [2.05, 4.69) is 10.0 Å². The van der Waals surface area contributed by atoms with Crippen LogP contribution in [0, 0.1) is 0 Å². The molecule has 6 heteroatoms. The Kier molecular flexibility index (Phi) is 5.28. The van der Waals surface area contributed by atoms with Crippen molar-refractivity contribution < 1.29 is 13.9 Å². The van der Waals surface area contributed by atoms with Gasteiger partial charge in [-0.3, -0.25) is 0 Å². The number of furan rings is 1. The molecule has 0 aliphatic carbocycles. The Labute approximate surface area is 104 Å². The average molecular weight is 247 g/mol. The molecule has 0 spiro atoms. The van der Waals surface area contributed by atoms with Crippen molar-refractivity contribution in [2.75, 3.05) is 6.61 Å². The van der Waals surface area contributed by atoms with Crippen LogP contribution in [0.5, 0.6) is 0 Å². The highest BCUT2D eigenvalue weighted by atomic mass is 16.5. The van der Waals surface area contributed by atoms with Gasteiger partial charge in [0.05, 0.1) is 12.9 Å². The van der Waals surface area contributed by atoms with E-state index in [0.29, 0.717) is 5.76 Å². The lowest BCUT2D eigenvalue weighted by molar-refractivity contribution is -0.138. The molecule has 0 radical (unpaired) electrons. The lowest BCUT2D eigenvalue weighted by atomic mass is 10.2. The van der Waals surface area contributed by atoms with Gasteiger partial charge in [-0.05, 0) is 31.5 Å². The number of hydrogen-bond acceptors (Lipinski definition) is 4. The standard InChI is InChI=1S/C12H13N3O3/c1-3-5-9-6-10(18-8-9)7-11(14-15-13)12(16)17-4-2/h3,5-8H,4H2,1-2H3. The quantitative estimate of drug-likeness (QED) is 0.262. The van der Waals surface area contributed by atoms with Crippen LogP contribution in [0.1, 0.15) is 25.2 Å². The molecule has 1 heterocycles. The van der Waals surface area contributed by atoms with E-state index in [4.69, 9.17) is 14.7 Å². The predicted molar refractivity (Wildman–Crippen MR) is 67.2 cm³/mol. The summed E-state index contributed by atoms with van der Waals surface area (Å²) in [7, 11) is 0. The Morgan fingerprint density at radius 3 is 3.06 bits per heavy atom. The van der Waals surface area contributed by atoms with Crippen molar-refractivity contribution in [3.05, 3.63) is 45.9 Å². The lowest BCUT2D eigenvalue weighted by Crippen LogP contribution is -2.05. The minimum atomic E-state index is -0.681. The molecule has 0 aliphatic heterocycles. The summed E-state index contributed by atoms with van der Waals surface area (Å²) in [6.45, 7) is 3.76. The fraction of sp³-hybridized carbons (Fsp3) is 0.250. The summed E-state index contributed by atoms with van der Waals surface area (Å²) in [5.41, 5.74) is 9.11. The molecular weight excluding hydrogens is 234 g/mol. The number of carbonyl (C=O) groups excluding carboxylic acids is 1. The van der Waals surface area contributed by atoms with Gasteiger partial charge in [-0.2, -0.15) is 0 Å². The number of carbonyl (C=O) groups is 1. The molecule has 1 aromatic rings. The van der Waals surface area contributed by atoms with Crippen molar-refractivity contribution >= 4 is 18.1 Å². The monoisotopic (exact) mass is 247 g/mol. The van der Waals surface area contributed by atoms with Gasteiger partial charge in [0.15, 0.2) is 0 Å². The molecule has 0 N–H and O–H groups in total. The third-order valence-corrected chi connectivity index (χ3v) is 1.92. The minimum absolute atomic E-state index is 0.138. The Balaban J connectivity index is 2.99. The Hall–Kier alpha value is -2.46. The van der Waals surface area contributed by atoms with E-state index in [1.54, 1.807) is 13.0 Å². The van der Waals surface area contributed by atoms with Crippen LogP contribution in [0.2, 0.25) is 0 Å². The zero-order valence-corrected chi connectivity index (χ0v) is 10.2. The average Bonchev–Trinajstić information content (AvgIpc) is 2.77. The molecule has 0 amide bonds. The van der Waals surface area contributed by atoms with Crippen LogP contribution in [0.4, 0.5) is 0 Å². The van der Waals surface area contributed by atoms with Gasteiger partial charge in [-0.15, -0.1) is 0 Å². The van der Waals surface area contributed by atoms with Crippen LogP contribution < -0.4 is 0 Å². The highest BCUT2D eigenvalue weighted by Crippen LogP contribution is 2.15. The fourth-order valence-electron chi connectivity index (χ4n) is 1.24. The third kappa shape index (κ3) is 3.84. The summed E-state index contributed by atoms with van der Waals surface area (Å²) >= 11 is 0. The van der Waals surface area contributed by atoms with Crippen LogP contribution >= 0.6 is 0 Å². The Bertz CT molecular complexity index is 522. The molecule has 0 saturated heterocycles. The van der Waals surface area contributed by atoms with Gasteiger partial charge in [0.25, 0.3) is 0 Å². The minimum Gasteiger partial charge on any atom is -0.464 e. The summed E-state index contributed by atoms with van der Waals surface area (Å²) in [5, 5.41) is 3.28. The van der Waals surface area contributed by atoms with Crippen LogP contribution in [0.3, 0.4) is 0 Å². The maximum Gasteiger partial charge on any atom is 0.340 e. The SMILES string of the molecule is CC=Cc1coc(C=C(N=[N+]=[N-])C(=O)OCC)c1. The summed E-state index contributed by atoms with van der Waals surface area (Å²) in [6, 6.07) is 1.71. The second-order valence-electron chi connectivity index (χ2n) is 3.22. The van der Waals surface area contributed by atoms with Gasteiger partial charge in [-0.25, -0.2) is 4.79 Å². The van der Waals surface area contributed by atoms with Crippen LogP contribution in [-0.4, -0.2) is 12.6 Å². The third-order valence-electron chi connectivity index (χ3n) is 1.92. The Morgan fingerprint density at radius 2 is 2.44 bits per heavy atom. The van der Waals surface area contributed by atoms with Gasteiger partial charge >= 0.3 is 5.97 Å². The fourth-order valence-corrected chi connectivity index (χ4v) is 1.24. The van der Waals surface area contributed by atoms with Gasteiger partial charge in [0, 0.05) is 10.5 Å². The van der Waals surface area contributed by atoms with E-state index >= 15 is 0 Å². The molecule has 0 saturated carbocycles. The van der Waals surface area contributed by atoms with Crippen LogP contribution in [0.15, 0.2) is 33.6 Å². The number of esters is 1. The van der Waals surface area contributed by atoms with E-state index < -0.39 is 5.97 Å². The summed E-state index contributed by atoms with van der Waals surface area (Å²) in [4.78, 5) is 14.0. The lowest BCUT2D eigenvalue weighted by Gasteiger charge is -1.99. The first-order valence-corrected chi connectivity index (χ1v) is 5.36. The smallest absolute Gasteiger partial charge is 0.340 e. The first-order chi connectivity index (χ1) is 8.71. The van der Waals surface area contributed by atoms with Crippen molar-refractivity contribution in [3.8, 4) is 0 Å². The van der Waals surface area contributed by atoms with Gasteiger partial charge in [-0.1, -0.05) is 17.3 Å². The van der Waals surface area contributed by atoms with E-state index in [-0.39, 0.29) is 12.3 Å². The van der Waals surface area contributed by atoms with Crippen molar-refractivity contribution in [1.82, 2.24) is 0 Å². The van der Waals surface area contributed by atoms with Crippen LogP contribution in [0.25, 0.3) is 22.6 Å². The summed E-state index contributed by atoms with van der Waals surface area (Å²) in [6.07, 6.45) is 6.58. The molecule has 0 fully saturated rings. The maximum atomic E-state index is 11.5. The molecule has 1 aromatic heterocycles. The molecular formula is C12H13N3O3. The van der Waals surface area contributed by atoms with E-state index in [1.807, 2.05) is 19.1 Å². The normalized spacial score (nSPS) is 11.3. The van der Waals surface area contributed by atoms with E-state index in [9.17, 15) is 4.79 Å². The maximum absolute atomic E-state index is 11.5. The second-order valence-corrected chi connectivity index (χ2v) is 3.22. The highest BCUT2D eigenvalue weighted by molar-refractivity contribution is 5.92. The van der Waals surface area contributed by atoms with Crippen molar-refractivity contribution in [2.45, 2.75) is 13.8 Å². The van der Waals surface area contributed by atoms with Crippen molar-refractivity contribution in [1.29, 1.82) is 0 Å². The molecule has 6 nitrogen and oxygen atoms in total. The van der Waals surface area contributed by atoms with Gasteiger partial charge < -0.3 is 9.15 Å². The number of nitrogens with zero attached hydrogens (tertiary/aromatic N) is 3. The molecule has 94 valence electrons. The van der Waals surface area contributed by atoms with E-state index in [0.717, 1.165) is 5.56 Å². The molecule has 0 aliphatic rings. The number of hydrogen-bond donors (Lipinski definition) is 0. The van der Waals surface area contributed by atoms with Crippen LogP contribution in [-0.2, 0) is 9.53 Å². The molecule has 0 bridgehead atoms. The van der Waals surface area contributed by atoms with Crippen molar-refractivity contribution in [3.63, 3.8) is 0 Å². The van der Waals surface area contributed by atoms with Crippen molar-refractivity contribution in [2.24, 2.45) is 5.11 Å². The second kappa shape index (κ2) is 6.98. The van der Waals surface area contributed by atoms with Gasteiger partial charge in [0.2, 0.25) is 0 Å². The van der Waals surface area contributed by atoms with Gasteiger partial charge in [0.1, 0.15) is 11.5 Å². The molecule has 0 aromatic carbocycles. The molecule has 0 unspecified atom stereocenters. The largest absolute Gasteiger partial charge is 0.464 e. The summed E-state index contributed by atoms with van der Waals surface area (Å²) in [5.74, 6) is -0.266. The zero-order valence-electron chi connectivity index (χ0n) is 10.2. The first kappa shape index (κ1) is 13.6. The van der Waals surface area contributed by atoms with E-state index in [1.165, 1.54) is 12.3 Å². The first-order valence-electron chi connectivity index (χ1n) is 5.36. The predicted octanol–water partition coefficient (Wildman–Crippen LogP) is 3.53. The number of rotatable bonds is 5. The number of ether oxygens (including phenoxy) is 1. The number of azide groups is 1. The topological polar surface area (TPSA) is 88.2 Å². The highest BCUT2D eigenvalue weighted by Gasteiger charge is 2.09. The Morgan fingerprint density at radius 1 is 1.67 bits per heavy atom. The number of allylic oxidation sites excluding steroid dienone is 1. The zero-order chi connectivity index (χ0) is 13.4. The molecule has 18 heavy (non-hydrogen) atoms. The molecule has 0 atom stereocenters. The summed E-state index contributed by atoms with van der Waals surface area (Å²) < 4.78 is 9.96.